The summed E-state index contributed by atoms with van der Waals surface area (Å²) in [5.41, 5.74) is 1.13. The summed E-state index contributed by atoms with van der Waals surface area (Å²) in [4.78, 5) is 37.8. The normalized spacial score (nSPS) is 13.0. The highest BCUT2D eigenvalue weighted by Gasteiger charge is 2.42. The fourth-order valence-corrected chi connectivity index (χ4v) is 5.17. The first-order chi connectivity index (χ1) is 17.1. The minimum Gasteiger partial charge on any atom is -0.467 e. The number of hydrogen-bond acceptors (Lipinski definition) is 7. The number of carbonyl (C=O) groups excluding carboxylic acids is 3. The number of benzene rings is 3. The van der Waals surface area contributed by atoms with E-state index in [2.05, 4.69) is 15.4 Å². The first-order valence-electron chi connectivity index (χ1n) is 10.8. The van der Waals surface area contributed by atoms with Crippen molar-refractivity contribution >= 4 is 47.8 Å². The molecule has 2 amide bonds. The third-order valence-corrected chi connectivity index (χ3v) is 7.93. The Hall–Kier alpha value is -3.23. The Kier molecular flexibility index (Phi) is 8.87. The number of hydrogen-bond donors (Lipinski definition) is 2. The molecule has 36 heavy (non-hydrogen) atoms. The van der Waals surface area contributed by atoms with E-state index in [1.165, 1.54) is 18.2 Å². The second-order valence-electron chi connectivity index (χ2n) is 7.76. The van der Waals surface area contributed by atoms with Crippen LogP contribution in [0.5, 0.6) is 0 Å². The molecule has 0 radical (unpaired) electrons. The molecule has 0 aromatic heterocycles. The lowest BCUT2D eigenvalue weighted by Crippen LogP contribution is -2.42. The van der Waals surface area contributed by atoms with Gasteiger partial charge in [0.25, 0.3) is 11.8 Å². The molecule has 0 heterocycles. The van der Waals surface area contributed by atoms with Crippen molar-refractivity contribution in [1.29, 1.82) is 0 Å². The fraction of sp³-hybridized carbons (Fsp3) is 0.240. The van der Waals surface area contributed by atoms with Gasteiger partial charge in [-0.3, -0.25) is 14.2 Å². The Morgan fingerprint density at radius 3 is 2.19 bits per heavy atom. The van der Waals surface area contributed by atoms with Gasteiger partial charge in [0.15, 0.2) is 0 Å². The van der Waals surface area contributed by atoms with Crippen molar-refractivity contribution in [3.8, 4) is 0 Å². The van der Waals surface area contributed by atoms with Crippen LogP contribution in [0, 0.1) is 0 Å². The predicted octanol–water partition coefficient (Wildman–Crippen LogP) is 4.70. The van der Waals surface area contributed by atoms with Crippen LogP contribution in [-0.2, 0) is 23.1 Å². The molecule has 0 spiro atoms. The molecule has 9 nitrogen and oxygen atoms in total. The fourth-order valence-electron chi connectivity index (χ4n) is 3.69. The van der Waals surface area contributed by atoms with Crippen LogP contribution in [0.1, 0.15) is 39.2 Å². The number of fused-ring (bicyclic) bond motifs is 1. The summed E-state index contributed by atoms with van der Waals surface area (Å²) in [5, 5.41) is 7.26. The molecular weight excluding hydrogens is 507 g/mol. The average molecular weight is 533 g/mol. The molecule has 3 aromatic rings. The van der Waals surface area contributed by atoms with Crippen molar-refractivity contribution in [3.63, 3.8) is 0 Å². The number of esters is 1. The van der Waals surface area contributed by atoms with Gasteiger partial charge in [-0.1, -0.05) is 54.1 Å². The molecule has 0 saturated heterocycles. The molecule has 0 fully saturated rings. The molecule has 2 atom stereocenters. The van der Waals surface area contributed by atoms with E-state index in [0.717, 1.165) is 37.7 Å². The molecule has 0 saturated carbocycles. The Bertz CT molecular complexity index is 1330. The van der Waals surface area contributed by atoms with E-state index in [1.54, 1.807) is 0 Å². The van der Waals surface area contributed by atoms with E-state index in [-0.39, 0.29) is 28.1 Å². The maximum absolute atomic E-state index is 12.9. The van der Waals surface area contributed by atoms with Crippen molar-refractivity contribution in [2.24, 2.45) is 0 Å². The number of carbonyl (C=O) groups is 3. The van der Waals surface area contributed by atoms with Crippen molar-refractivity contribution in [1.82, 2.24) is 10.6 Å². The maximum atomic E-state index is 12.9. The predicted molar refractivity (Wildman–Crippen MR) is 136 cm³/mol. The summed E-state index contributed by atoms with van der Waals surface area (Å²) in [7, 11) is -0.838. The van der Waals surface area contributed by atoms with Crippen molar-refractivity contribution in [3.05, 3.63) is 82.4 Å². The van der Waals surface area contributed by atoms with Gasteiger partial charge < -0.3 is 24.4 Å². The Morgan fingerprint density at radius 2 is 1.56 bits per heavy atom. The van der Waals surface area contributed by atoms with E-state index >= 15 is 0 Å². The molecule has 0 aliphatic heterocycles. The highest BCUT2D eigenvalue weighted by Crippen LogP contribution is 2.51. The van der Waals surface area contributed by atoms with Crippen LogP contribution in [0.2, 0.25) is 5.02 Å². The lowest BCUT2D eigenvalue weighted by atomic mass is 9.99. The summed E-state index contributed by atoms with van der Waals surface area (Å²) < 4.78 is 27.0. The SMILES string of the molecule is COC(=O)[C@H](NC(=O)c1ccc(C(=O)N[C@H](C)c2cccc3ccccc23)cc1Cl)P(=O)(OC)OC. The number of nitrogens with one attached hydrogen (secondary N) is 2. The van der Waals surface area contributed by atoms with E-state index in [4.69, 9.17) is 20.6 Å². The van der Waals surface area contributed by atoms with Gasteiger partial charge >= 0.3 is 13.6 Å². The van der Waals surface area contributed by atoms with Gasteiger partial charge in [0.05, 0.1) is 23.7 Å². The molecule has 2 N–H and O–H groups in total. The lowest BCUT2D eigenvalue weighted by molar-refractivity contribution is -0.141. The third-order valence-electron chi connectivity index (χ3n) is 5.63. The van der Waals surface area contributed by atoms with Crippen LogP contribution in [0.3, 0.4) is 0 Å². The van der Waals surface area contributed by atoms with Crippen molar-refractivity contribution in [2.45, 2.75) is 18.7 Å². The molecule has 0 aliphatic carbocycles. The zero-order chi connectivity index (χ0) is 26.5. The van der Waals surface area contributed by atoms with E-state index in [1.807, 2.05) is 49.4 Å². The Labute approximate surface area is 213 Å². The quantitative estimate of drug-likeness (QED) is 0.303. The summed E-state index contributed by atoms with van der Waals surface area (Å²) in [6, 6.07) is 17.5. The summed E-state index contributed by atoms with van der Waals surface area (Å²) >= 11 is 6.29. The maximum Gasteiger partial charge on any atom is 0.363 e. The van der Waals surface area contributed by atoms with E-state index in [9.17, 15) is 18.9 Å². The second kappa shape index (κ2) is 11.7. The minimum atomic E-state index is -4.06. The van der Waals surface area contributed by atoms with Crippen LogP contribution >= 0.6 is 19.2 Å². The first-order valence-corrected chi connectivity index (χ1v) is 12.8. The molecule has 11 heteroatoms. The summed E-state index contributed by atoms with van der Waals surface area (Å²) in [6.45, 7) is 1.87. The van der Waals surface area contributed by atoms with Gasteiger partial charge in [0.1, 0.15) is 0 Å². The number of rotatable bonds is 9. The van der Waals surface area contributed by atoms with Gasteiger partial charge in [-0.15, -0.1) is 0 Å². The highest BCUT2D eigenvalue weighted by atomic mass is 35.5. The number of ether oxygens (including phenoxy) is 1. The molecule has 0 unspecified atom stereocenters. The Balaban J connectivity index is 1.79. The van der Waals surface area contributed by atoms with Crippen LogP contribution in [0.25, 0.3) is 10.8 Å². The number of methoxy groups -OCH3 is 1. The van der Waals surface area contributed by atoms with Gasteiger partial charge in [0.2, 0.25) is 5.78 Å². The zero-order valence-electron chi connectivity index (χ0n) is 20.1. The van der Waals surface area contributed by atoms with E-state index in [0.29, 0.717) is 0 Å². The van der Waals surface area contributed by atoms with Gasteiger partial charge in [0, 0.05) is 19.8 Å². The molecule has 190 valence electrons. The van der Waals surface area contributed by atoms with E-state index < -0.39 is 25.3 Å². The molecular formula is C25H26ClN2O7P. The Morgan fingerprint density at radius 1 is 0.889 bits per heavy atom. The second-order valence-corrected chi connectivity index (χ2v) is 10.5. The average Bonchev–Trinajstić information content (AvgIpc) is 2.90. The topological polar surface area (TPSA) is 120 Å². The van der Waals surface area contributed by atoms with Crippen LogP contribution in [0.15, 0.2) is 60.7 Å². The monoisotopic (exact) mass is 532 g/mol. The van der Waals surface area contributed by atoms with Crippen molar-refractivity contribution < 1.29 is 32.7 Å². The first kappa shape index (κ1) is 27.4. The van der Waals surface area contributed by atoms with Crippen LogP contribution < -0.4 is 10.6 Å². The third kappa shape index (κ3) is 5.77. The number of amides is 2. The zero-order valence-corrected chi connectivity index (χ0v) is 21.8. The molecule has 3 rings (SSSR count). The minimum absolute atomic E-state index is 0.0498. The lowest BCUT2D eigenvalue weighted by Gasteiger charge is -2.23. The molecule has 3 aromatic carbocycles. The molecule has 0 aliphatic rings. The van der Waals surface area contributed by atoms with Gasteiger partial charge in [-0.2, -0.15) is 0 Å². The van der Waals surface area contributed by atoms with Gasteiger partial charge in [-0.05, 0) is 41.5 Å². The summed E-state index contributed by atoms with van der Waals surface area (Å²) in [5.74, 6) is -3.96. The largest absolute Gasteiger partial charge is 0.467 e. The van der Waals surface area contributed by atoms with Crippen molar-refractivity contribution in [2.75, 3.05) is 21.3 Å². The molecule has 0 bridgehead atoms. The highest BCUT2D eigenvalue weighted by molar-refractivity contribution is 7.55. The van der Waals surface area contributed by atoms with Gasteiger partial charge in [-0.25, -0.2) is 4.79 Å². The summed E-state index contributed by atoms with van der Waals surface area (Å²) in [6.07, 6.45) is 0. The number of halogens is 1. The standard InChI is InChI=1S/C25H26ClN2O7P/c1-15(18-11-7-9-16-8-5-6-10-19(16)18)27-22(29)17-12-13-20(21(26)14-17)23(30)28-24(25(31)33-2)36(32,34-3)35-4/h5-15,24H,1-4H3,(H,27,29)(H,28,30)/t15-,24-/m1/s1. The van der Waals surface area contributed by atoms with Crippen LogP contribution in [0.4, 0.5) is 0 Å². The van der Waals surface area contributed by atoms with Crippen LogP contribution in [-0.4, -0.2) is 44.9 Å². The smallest absolute Gasteiger partial charge is 0.363 e.